The van der Waals surface area contributed by atoms with Crippen LogP contribution in [0.1, 0.15) is 42.5 Å². The first-order valence-corrected chi connectivity index (χ1v) is 10.7. The minimum atomic E-state index is -0.145. The maximum atomic E-state index is 12.5. The van der Waals surface area contributed by atoms with E-state index in [-0.39, 0.29) is 17.9 Å². The van der Waals surface area contributed by atoms with Gasteiger partial charge >= 0.3 is 0 Å². The Morgan fingerprint density at radius 1 is 1.28 bits per heavy atom. The van der Waals surface area contributed by atoms with Crippen molar-refractivity contribution in [3.05, 3.63) is 40.4 Å². The Hall–Kier alpha value is -2.05. The fourth-order valence-corrected chi connectivity index (χ4v) is 3.88. The number of halogens is 1. The highest BCUT2D eigenvalue weighted by molar-refractivity contribution is 6.32. The second kappa shape index (κ2) is 10.1. The van der Waals surface area contributed by atoms with E-state index in [1.807, 2.05) is 23.9 Å². The number of likely N-dealkylation sites (tertiary alicyclic amines) is 1. The van der Waals surface area contributed by atoms with E-state index >= 15 is 0 Å². The molecule has 7 heteroatoms. The number of hydrogen-bond donors (Lipinski definition) is 1. The second-order valence-electron chi connectivity index (χ2n) is 7.94. The van der Waals surface area contributed by atoms with E-state index in [0.29, 0.717) is 36.0 Å². The Morgan fingerprint density at radius 3 is 2.66 bits per heavy atom. The molecule has 1 fully saturated rings. The van der Waals surface area contributed by atoms with E-state index in [4.69, 9.17) is 16.3 Å². The van der Waals surface area contributed by atoms with Crippen molar-refractivity contribution >= 4 is 23.4 Å². The van der Waals surface area contributed by atoms with Gasteiger partial charge in [-0.3, -0.25) is 9.59 Å². The third-order valence-electron chi connectivity index (χ3n) is 5.38. The quantitative estimate of drug-likeness (QED) is 0.737. The molecule has 2 aliphatic rings. The molecular weight excluding hydrogens is 390 g/mol. The van der Waals surface area contributed by atoms with Crippen LogP contribution in [0, 0.1) is 0 Å². The highest BCUT2D eigenvalue weighted by Gasteiger charge is 2.27. The van der Waals surface area contributed by atoms with Gasteiger partial charge in [0.25, 0.3) is 5.91 Å². The van der Waals surface area contributed by atoms with Gasteiger partial charge in [0, 0.05) is 50.2 Å². The number of benzene rings is 1. The molecule has 0 aromatic heterocycles. The minimum absolute atomic E-state index is 0.0221. The van der Waals surface area contributed by atoms with Gasteiger partial charge in [0.05, 0.1) is 5.02 Å². The zero-order chi connectivity index (χ0) is 20.8. The Balaban J connectivity index is 1.49. The molecule has 1 aromatic rings. The van der Waals surface area contributed by atoms with Crippen molar-refractivity contribution in [2.24, 2.45) is 0 Å². The highest BCUT2D eigenvalue weighted by atomic mass is 35.5. The molecule has 0 spiro atoms. The van der Waals surface area contributed by atoms with Gasteiger partial charge in [0.1, 0.15) is 11.9 Å². The lowest BCUT2D eigenvalue weighted by Gasteiger charge is -2.32. The molecule has 1 heterocycles. The van der Waals surface area contributed by atoms with E-state index in [0.717, 1.165) is 44.2 Å². The van der Waals surface area contributed by atoms with Crippen molar-refractivity contribution in [2.75, 3.05) is 40.3 Å². The van der Waals surface area contributed by atoms with Crippen LogP contribution in [0.5, 0.6) is 5.75 Å². The van der Waals surface area contributed by atoms with Gasteiger partial charge in [-0.05, 0) is 51.6 Å². The summed E-state index contributed by atoms with van der Waals surface area (Å²) in [4.78, 5) is 28.6. The molecule has 2 amide bonds. The van der Waals surface area contributed by atoms with E-state index in [1.54, 1.807) is 18.2 Å². The molecule has 3 rings (SSSR count). The van der Waals surface area contributed by atoms with Crippen molar-refractivity contribution in [3.63, 3.8) is 0 Å². The summed E-state index contributed by atoms with van der Waals surface area (Å²) < 4.78 is 6.06. The van der Waals surface area contributed by atoms with Gasteiger partial charge in [-0.15, -0.1) is 0 Å². The van der Waals surface area contributed by atoms with Crippen LogP contribution in [0.3, 0.4) is 0 Å². The molecular formula is C22H30ClN3O3. The van der Waals surface area contributed by atoms with Gasteiger partial charge in [0.2, 0.25) is 5.91 Å². The van der Waals surface area contributed by atoms with Crippen LogP contribution in [-0.2, 0) is 4.79 Å². The number of carbonyl (C=O) groups is 2. The van der Waals surface area contributed by atoms with Crippen molar-refractivity contribution in [1.29, 1.82) is 0 Å². The lowest BCUT2D eigenvalue weighted by atomic mass is 10.1. The molecule has 158 valence electrons. The van der Waals surface area contributed by atoms with Gasteiger partial charge in [0.15, 0.2) is 0 Å². The summed E-state index contributed by atoms with van der Waals surface area (Å²) in [6, 6.07) is 5.13. The molecule has 1 aliphatic heterocycles. The monoisotopic (exact) mass is 419 g/mol. The maximum Gasteiger partial charge on any atom is 0.251 e. The van der Waals surface area contributed by atoms with E-state index in [1.165, 1.54) is 0 Å². The standard InChI is InChI=1S/C22H30ClN3O3/c1-25(2)14-11-24-21(27)17-7-8-20(19(23)15-17)29-18-9-12-26(13-10-18)22(28)16-5-3-4-6-16/h5,7-8,15,18H,3-4,6,9-14H2,1-2H3,(H,24,27). The normalized spacial score (nSPS) is 17.4. The van der Waals surface area contributed by atoms with Gasteiger partial charge in [-0.1, -0.05) is 17.7 Å². The lowest BCUT2D eigenvalue weighted by Crippen LogP contribution is -2.42. The van der Waals surface area contributed by atoms with Crippen molar-refractivity contribution < 1.29 is 14.3 Å². The second-order valence-corrected chi connectivity index (χ2v) is 8.34. The van der Waals surface area contributed by atoms with Gasteiger partial charge in [-0.25, -0.2) is 0 Å². The number of carbonyl (C=O) groups excluding carboxylic acids is 2. The molecule has 0 atom stereocenters. The summed E-state index contributed by atoms with van der Waals surface area (Å²) >= 11 is 6.36. The molecule has 29 heavy (non-hydrogen) atoms. The van der Waals surface area contributed by atoms with E-state index < -0.39 is 0 Å². The summed E-state index contributed by atoms with van der Waals surface area (Å²) in [5, 5.41) is 3.31. The molecule has 1 N–H and O–H groups in total. The fourth-order valence-electron chi connectivity index (χ4n) is 3.66. The number of piperidine rings is 1. The summed E-state index contributed by atoms with van der Waals surface area (Å²) in [5.74, 6) is 0.622. The number of allylic oxidation sites excluding steroid dienone is 1. The van der Waals surface area contributed by atoms with Crippen LogP contribution in [0.15, 0.2) is 29.8 Å². The first-order chi connectivity index (χ1) is 13.9. The van der Waals surface area contributed by atoms with Crippen LogP contribution < -0.4 is 10.1 Å². The molecule has 1 aliphatic carbocycles. The fraction of sp³-hybridized carbons (Fsp3) is 0.545. The number of rotatable bonds is 7. The van der Waals surface area contributed by atoms with E-state index in [9.17, 15) is 9.59 Å². The smallest absolute Gasteiger partial charge is 0.251 e. The zero-order valence-corrected chi connectivity index (χ0v) is 18.0. The highest BCUT2D eigenvalue weighted by Crippen LogP contribution is 2.29. The van der Waals surface area contributed by atoms with Crippen LogP contribution in [-0.4, -0.2) is 68.0 Å². The van der Waals surface area contributed by atoms with E-state index in [2.05, 4.69) is 11.4 Å². The molecule has 1 saturated heterocycles. The first-order valence-electron chi connectivity index (χ1n) is 10.3. The molecule has 1 aromatic carbocycles. The summed E-state index contributed by atoms with van der Waals surface area (Å²) in [6.07, 6.45) is 6.66. The number of ether oxygens (including phenoxy) is 1. The zero-order valence-electron chi connectivity index (χ0n) is 17.2. The van der Waals surface area contributed by atoms with Crippen molar-refractivity contribution in [2.45, 2.75) is 38.2 Å². The van der Waals surface area contributed by atoms with Crippen LogP contribution >= 0.6 is 11.6 Å². The predicted octanol–water partition coefficient (Wildman–Crippen LogP) is 3.11. The maximum absolute atomic E-state index is 12.5. The average molecular weight is 420 g/mol. The number of nitrogens with zero attached hydrogens (tertiary/aromatic N) is 2. The van der Waals surface area contributed by atoms with Gasteiger partial charge < -0.3 is 19.9 Å². The number of likely N-dealkylation sites (N-methyl/N-ethyl adjacent to an activating group) is 1. The van der Waals surface area contributed by atoms with Crippen molar-refractivity contribution in [3.8, 4) is 5.75 Å². The predicted molar refractivity (Wildman–Crippen MR) is 115 cm³/mol. The van der Waals surface area contributed by atoms with Gasteiger partial charge in [-0.2, -0.15) is 0 Å². The summed E-state index contributed by atoms with van der Waals surface area (Å²) in [7, 11) is 3.92. The number of nitrogens with one attached hydrogen (secondary N) is 1. The topological polar surface area (TPSA) is 61.9 Å². The largest absolute Gasteiger partial charge is 0.489 e. The van der Waals surface area contributed by atoms with Crippen LogP contribution in [0.25, 0.3) is 0 Å². The summed E-state index contributed by atoms with van der Waals surface area (Å²) in [6.45, 7) is 2.75. The number of amides is 2. The Morgan fingerprint density at radius 2 is 2.03 bits per heavy atom. The SMILES string of the molecule is CN(C)CCNC(=O)c1ccc(OC2CCN(C(=O)C3=CCCC3)CC2)c(Cl)c1. The Kier molecular flexibility index (Phi) is 7.56. The first kappa shape index (κ1) is 21.7. The molecule has 0 saturated carbocycles. The average Bonchev–Trinajstić information content (AvgIpc) is 3.24. The Bertz CT molecular complexity index is 771. The molecule has 6 nitrogen and oxygen atoms in total. The van der Waals surface area contributed by atoms with Crippen LogP contribution in [0.2, 0.25) is 5.02 Å². The minimum Gasteiger partial charge on any atom is -0.489 e. The third-order valence-corrected chi connectivity index (χ3v) is 5.67. The van der Waals surface area contributed by atoms with Crippen LogP contribution in [0.4, 0.5) is 0 Å². The lowest BCUT2D eigenvalue weighted by molar-refractivity contribution is -0.129. The third kappa shape index (κ3) is 5.97. The molecule has 0 bridgehead atoms. The Labute approximate surface area is 177 Å². The summed E-state index contributed by atoms with van der Waals surface area (Å²) in [5.41, 5.74) is 1.48. The number of hydrogen-bond acceptors (Lipinski definition) is 4. The van der Waals surface area contributed by atoms with Crippen molar-refractivity contribution in [1.82, 2.24) is 15.1 Å². The molecule has 0 unspecified atom stereocenters. The molecule has 0 radical (unpaired) electrons.